The number of benzene rings is 1. The number of nitro benzene ring substituents is 1. The largest absolute Gasteiger partial charge is 0.502 e. The number of rotatable bonds is 3. The molecule has 0 aliphatic carbocycles. The Kier molecular flexibility index (Phi) is 6.21. The second-order valence-corrected chi connectivity index (χ2v) is 4.55. The minimum Gasteiger partial charge on any atom is -0.502 e. The maximum atomic E-state index is 12.3. The summed E-state index contributed by atoms with van der Waals surface area (Å²) in [4.78, 5) is 9.64. The highest BCUT2D eigenvalue weighted by Crippen LogP contribution is 2.39. The third-order valence-corrected chi connectivity index (χ3v) is 2.77. The lowest BCUT2D eigenvalue weighted by atomic mass is 10.00. The Hall–Kier alpha value is -1.10. The van der Waals surface area contributed by atoms with E-state index < -0.39 is 40.2 Å². The molecule has 2 atom stereocenters. The number of alkyl halides is 3. The molecule has 0 saturated carbocycles. The van der Waals surface area contributed by atoms with Crippen LogP contribution in [0.15, 0.2) is 16.6 Å². The number of nitro groups is 1. The number of hydrogen-bond donors (Lipinski definition) is 3. The highest BCUT2D eigenvalue weighted by atomic mass is 79.9. The van der Waals surface area contributed by atoms with E-state index in [-0.39, 0.29) is 16.9 Å². The molecule has 20 heavy (non-hydrogen) atoms. The van der Waals surface area contributed by atoms with Gasteiger partial charge in [-0.25, -0.2) is 0 Å². The molecule has 1 rings (SSSR count). The highest BCUT2D eigenvalue weighted by Gasteiger charge is 2.44. The van der Waals surface area contributed by atoms with Crippen LogP contribution in [0.2, 0.25) is 0 Å². The summed E-state index contributed by atoms with van der Waals surface area (Å²) < 4.78 is 37.0. The molecule has 0 fully saturated rings. The normalized spacial score (nSPS) is 14.3. The topological polar surface area (TPSA) is 110 Å². The molecule has 0 aliphatic rings. The van der Waals surface area contributed by atoms with E-state index in [9.17, 15) is 28.4 Å². The molecular weight excluding hydrogens is 372 g/mol. The van der Waals surface area contributed by atoms with Gasteiger partial charge in [0.1, 0.15) is 0 Å². The zero-order valence-corrected chi connectivity index (χ0v) is 11.9. The second-order valence-electron chi connectivity index (χ2n) is 3.63. The molecule has 0 heterocycles. The molecule has 0 spiro atoms. The Bertz CT molecular complexity index is 515. The number of aliphatic hydroxyl groups is 1. The van der Waals surface area contributed by atoms with Gasteiger partial charge in [-0.1, -0.05) is 15.9 Å². The van der Waals surface area contributed by atoms with E-state index in [0.717, 1.165) is 12.1 Å². The van der Waals surface area contributed by atoms with E-state index in [4.69, 9.17) is 10.8 Å². The van der Waals surface area contributed by atoms with Crippen molar-refractivity contribution in [2.24, 2.45) is 5.73 Å². The summed E-state index contributed by atoms with van der Waals surface area (Å²) in [5.74, 6) is -1.01. The molecule has 0 amide bonds. The van der Waals surface area contributed by atoms with Gasteiger partial charge in [0, 0.05) is 16.1 Å². The Morgan fingerprint density at radius 2 is 1.90 bits per heavy atom. The molecule has 0 aliphatic heterocycles. The quantitative estimate of drug-likeness (QED) is 0.550. The minimum atomic E-state index is -5.01. The summed E-state index contributed by atoms with van der Waals surface area (Å²) in [5.41, 5.74) is 3.80. The van der Waals surface area contributed by atoms with Gasteiger partial charge in [-0.3, -0.25) is 10.1 Å². The SMILES string of the molecule is Cl.N[C@H](c1cc(Br)cc([N+](=O)[O-])c1O)[C@@H](O)C(F)(F)F. The molecule has 0 bridgehead atoms. The van der Waals surface area contributed by atoms with Gasteiger partial charge in [-0.15, -0.1) is 12.4 Å². The fourth-order valence-electron chi connectivity index (χ4n) is 1.37. The van der Waals surface area contributed by atoms with E-state index >= 15 is 0 Å². The van der Waals surface area contributed by atoms with E-state index in [0.29, 0.717) is 0 Å². The van der Waals surface area contributed by atoms with Crippen LogP contribution in [0.5, 0.6) is 5.75 Å². The maximum Gasteiger partial charge on any atom is 0.416 e. The van der Waals surface area contributed by atoms with E-state index in [1.807, 2.05) is 0 Å². The highest BCUT2D eigenvalue weighted by molar-refractivity contribution is 9.10. The number of hydrogen-bond acceptors (Lipinski definition) is 5. The summed E-state index contributed by atoms with van der Waals surface area (Å²) in [6.45, 7) is 0. The van der Waals surface area contributed by atoms with Gasteiger partial charge in [0.15, 0.2) is 11.9 Å². The maximum absolute atomic E-state index is 12.3. The number of nitrogens with two attached hydrogens (primary N) is 1. The minimum absolute atomic E-state index is 0. The third-order valence-electron chi connectivity index (χ3n) is 2.32. The molecule has 11 heteroatoms. The summed E-state index contributed by atoms with van der Waals surface area (Å²) in [5, 5.41) is 29.2. The Morgan fingerprint density at radius 1 is 1.40 bits per heavy atom. The van der Waals surface area contributed by atoms with Crippen molar-refractivity contribution in [3.63, 3.8) is 0 Å². The molecule has 114 valence electrons. The van der Waals surface area contributed by atoms with Crippen LogP contribution < -0.4 is 5.73 Å². The predicted octanol–water partition coefficient (Wildman–Crippen LogP) is 2.41. The third kappa shape index (κ3) is 3.95. The number of phenolic OH excluding ortho intramolecular Hbond substituents is 1. The van der Waals surface area contributed by atoms with Crippen LogP contribution in [-0.2, 0) is 0 Å². The first-order chi connectivity index (χ1) is 8.55. The van der Waals surface area contributed by atoms with Crippen molar-refractivity contribution in [2.75, 3.05) is 0 Å². The van der Waals surface area contributed by atoms with E-state index in [1.54, 1.807) is 0 Å². The van der Waals surface area contributed by atoms with Crippen LogP contribution in [0.25, 0.3) is 0 Å². The smallest absolute Gasteiger partial charge is 0.416 e. The van der Waals surface area contributed by atoms with Gasteiger partial charge in [0.05, 0.1) is 11.0 Å². The second kappa shape index (κ2) is 6.57. The number of aromatic hydroxyl groups is 1. The standard InChI is InChI=1S/C9H8BrF3N2O4.ClH/c10-3-1-4(6(14)8(17)9(11,12)13)7(16)5(2-3)15(18)19;/h1-2,6,8,16-17H,14H2;1H/t6-,8-;/m1./s1. The molecule has 0 unspecified atom stereocenters. The van der Waals surface area contributed by atoms with Crippen molar-refractivity contribution >= 4 is 34.0 Å². The van der Waals surface area contributed by atoms with Crippen LogP contribution in [-0.4, -0.2) is 27.4 Å². The predicted molar refractivity (Wildman–Crippen MR) is 68.7 cm³/mol. The fraction of sp³-hybridized carbons (Fsp3) is 0.333. The van der Waals surface area contributed by atoms with Gasteiger partial charge < -0.3 is 15.9 Å². The molecule has 1 aromatic rings. The van der Waals surface area contributed by atoms with Gasteiger partial charge in [0.25, 0.3) is 0 Å². The molecule has 4 N–H and O–H groups in total. The van der Waals surface area contributed by atoms with Crippen molar-refractivity contribution < 1.29 is 28.3 Å². The zero-order valence-electron chi connectivity index (χ0n) is 9.46. The monoisotopic (exact) mass is 380 g/mol. The number of nitrogens with zero attached hydrogens (tertiary/aromatic N) is 1. The Morgan fingerprint density at radius 3 is 2.30 bits per heavy atom. The molecule has 0 aromatic heterocycles. The van der Waals surface area contributed by atoms with Gasteiger partial charge in [0.2, 0.25) is 0 Å². The van der Waals surface area contributed by atoms with Crippen LogP contribution in [0.1, 0.15) is 11.6 Å². The van der Waals surface area contributed by atoms with Crippen LogP contribution in [0, 0.1) is 10.1 Å². The van der Waals surface area contributed by atoms with Gasteiger partial charge in [-0.05, 0) is 6.07 Å². The van der Waals surface area contributed by atoms with Crippen molar-refractivity contribution in [3.8, 4) is 5.75 Å². The van der Waals surface area contributed by atoms with Crippen LogP contribution >= 0.6 is 28.3 Å². The molecule has 0 saturated heterocycles. The van der Waals surface area contributed by atoms with Crippen molar-refractivity contribution in [2.45, 2.75) is 18.3 Å². The Balaban J connectivity index is 0.00000361. The molecule has 0 radical (unpaired) electrons. The number of aliphatic hydroxyl groups excluding tert-OH is 1. The summed E-state index contributed by atoms with van der Waals surface area (Å²) >= 11 is 2.85. The van der Waals surface area contributed by atoms with E-state index in [1.165, 1.54) is 0 Å². The molecule has 1 aromatic carbocycles. The van der Waals surface area contributed by atoms with Gasteiger partial charge in [-0.2, -0.15) is 13.2 Å². The average molecular weight is 382 g/mol. The first-order valence-corrected chi connectivity index (χ1v) is 5.52. The first kappa shape index (κ1) is 18.9. The van der Waals surface area contributed by atoms with Crippen LogP contribution in [0.3, 0.4) is 0 Å². The molecule has 6 nitrogen and oxygen atoms in total. The van der Waals surface area contributed by atoms with Crippen molar-refractivity contribution in [1.29, 1.82) is 0 Å². The van der Waals surface area contributed by atoms with Gasteiger partial charge >= 0.3 is 11.9 Å². The average Bonchev–Trinajstić information content (AvgIpc) is 2.28. The fourth-order valence-corrected chi connectivity index (χ4v) is 1.84. The summed E-state index contributed by atoms with van der Waals surface area (Å²) in [7, 11) is 0. The lowest BCUT2D eigenvalue weighted by molar-refractivity contribution is -0.386. The van der Waals surface area contributed by atoms with Crippen LogP contribution in [0.4, 0.5) is 18.9 Å². The number of phenols is 1. The summed E-state index contributed by atoms with van der Waals surface area (Å²) in [6, 6.07) is -0.163. The molecular formula is C9H9BrClF3N2O4. The first-order valence-electron chi connectivity index (χ1n) is 4.73. The van der Waals surface area contributed by atoms with Crippen molar-refractivity contribution in [3.05, 3.63) is 32.3 Å². The lowest BCUT2D eigenvalue weighted by Gasteiger charge is -2.22. The Labute approximate surface area is 125 Å². The lowest BCUT2D eigenvalue weighted by Crippen LogP contribution is -2.38. The number of halogens is 5. The van der Waals surface area contributed by atoms with Crippen molar-refractivity contribution in [1.82, 2.24) is 0 Å². The van der Waals surface area contributed by atoms with E-state index in [2.05, 4.69) is 15.9 Å². The summed E-state index contributed by atoms with van der Waals surface area (Å²) in [6.07, 6.45) is -7.96. The zero-order chi connectivity index (χ0) is 15.0.